The highest BCUT2D eigenvalue weighted by atomic mass is 79.9. The number of benzene rings is 1. The van der Waals surface area contributed by atoms with Crippen LogP contribution in [0.3, 0.4) is 0 Å². The second kappa shape index (κ2) is 6.41. The average molecular weight is 350 g/mol. The van der Waals surface area contributed by atoms with E-state index in [1.165, 1.54) is 5.69 Å². The number of rotatable bonds is 4. The van der Waals surface area contributed by atoms with Crippen molar-refractivity contribution in [3.8, 4) is 0 Å². The van der Waals surface area contributed by atoms with E-state index in [0.717, 1.165) is 23.1 Å². The Morgan fingerprint density at radius 3 is 3.00 bits per heavy atom. The van der Waals surface area contributed by atoms with Crippen LogP contribution < -0.4 is 5.32 Å². The largest absolute Gasteiger partial charge is 0.376 e. The number of hydrogen-bond acceptors (Lipinski definition) is 3. The summed E-state index contributed by atoms with van der Waals surface area (Å²) in [5.74, 6) is -0.0631. The Morgan fingerprint density at radius 2 is 2.19 bits per heavy atom. The van der Waals surface area contributed by atoms with Crippen molar-refractivity contribution in [3.05, 3.63) is 51.8 Å². The molecular weight excluding hydrogens is 334 g/mol. The fraction of sp³-hybridized carbons (Fsp3) is 0.333. The molecule has 0 radical (unpaired) electrons. The van der Waals surface area contributed by atoms with Crippen LogP contribution in [0.2, 0.25) is 0 Å². The molecule has 0 aliphatic carbocycles. The molecule has 1 aromatic carbocycles. The number of hydrogen-bond donors (Lipinski definition) is 1. The maximum absolute atomic E-state index is 12.0. The number of fused-ring (bicyclic) bond motifs is 1. The molecule has 0 fully saturated rings. The number of carbonyl (C=O) groups excluding carboxylic acids is 1. The molecule has 0 saturated carbocycles. The predicted octanol–water partition coefficient (Wildman–Crippen LogP) is 2.15. The molecule has 5 nitrogen and oxygen atoms in total. The van der Waals surface area contributed by atoms with Gasteiger partial charge in [-0.1, -0.05) is 15.9 Å². The first-order chi connectivity index (χ1) is 10.2. The maximum atomic E-state index is 12.0. The van der Waals surface area contributed by atoms with Crippen molar-refractivity contribution in [1.82, 2.24) is 15.1 Å². The Hall–Kier alpha value is -1.66. The summed E-state index contributed by atoms with van der Waals surface area (Å²) in [6.07, 6.45) is 2.74. The molecule has 0 spiro atoms. The number of halogens is 1. The lowest BCUT2D eigenvalue weighted by Gasteiger charge is -2.14. The zero-order valence-electron chi connectivity index (χ0n) is 11.5. The first kappa shape index (κ1) is 14.3. The summed E-state index contributed by atoms with van der Waals surface area (Å²) >= 11 is 3.35. The van der Waals surface area contributed by atoms with E-state index < -0.39 is 0 Å². The molecule has 2 heterocycles. The number of nitrogens with one attached hydrogen (secondary N) is 1. The highest BCUT2D eigenvalue weighted by Crippen LogP contribution is 2.15. The molecule has 1 aliphatic heterocycles. The highest BCUT2D eigenvalue weighted by Gasteiger charge is 2.15. The van der Waals surface area contributed by atoms with Crippen LogP contribution in [0.1, 0.15) is 21.6 Å². The molecule has 1 N–H and O–H groups in total. The molecule has 0 saturated heterocycles. The summed E-state index contributed by atoms with van der Waals surface area (Å²) in [5, 5.41) is 7.28. The second-order valence-electron chi connectivity index (χ2n) is 4.91. The molecule has 2 aromatic rings. The van der Waals surface area contributed by atoms with E-state index >= 15 is 0 Å². The lowest BCUT2D eigenvalue weighted by molar-refractivity contribution is 0.0950. The topological polar surface area (TPSA) is 56.2 Å². The summed E-state index contributed by atoms with van der Waals surface area (Å²) in [7, 11) is 0. The van der Waals surface area contributed by atoms with Gasteiger partial charge in [0.1, 0.15) is 0 Å². The van der Waals surface area contributed by atoms with Gasteiger partial charge in [0.15, 0.2) is 0 Å². The van der Waals surface area contributed by atoms with Crippen LogP contribution in [0.4, 0.5) is 0 Å². The fourth-order valence-corrected chi connectivity index (χ4v) is 2.65. The van der Waals surface area contributed by atoms with Crippen molar-refractivity contribution in [2.24, 2.45) is 0 Å². The van der Waals surface area contributed by atoms with Crippen molar-refractivity contribution in [3.63, 3.8) is 0 Å². The van der Waals surface area contributed by atoms with E-state index in [2.05, 4.69) is 26.3 Å². The molecule has 110 valence electrons. The van der Waals surface area contributed by atoms with E-state index in [1.54, 1.807) is 12.1 Å². The molecule has 3 rings (SSSR count). The number of nitrogens with zero attached hydrogens (tertiary/aromatic N) is 2. The standard InChI is InChI=1S/C15H16BrN3O2/c16-13-3-1-11(2-4-13)15(20)17-6-7-19-14-5-8-21-10-12(14)9-18-19/h1-4,9H,5-8,10H2,(H,17,20). The average Bonchev–Trinajstić information content (AvgIpc) is 2.91. The zero-order valence-corrected chi connectivity index (χ0v) is 13.1. The van der Waals surface area contributed by atoms with Crippen molar-refractivity contribution >= 4 is 21.8 Å². The van der Waals surface area contributed by atoms with Crippen LogP contribution in [-0.2, 0) is 24.3 Å². The smallest absolute Gasteiger partial charge is 0.251 e. The number of aromatic nitrogens is 2. The Morgan fingerprint density at radius 1 is 1.38 bits per heavy atom. The maximum Gasteiger partial charge on any atom is 0.251 e. The summed E-state index contributed by atoms with van der Waals surface area (Å²) in [4.78, 5) is 12.0. The second-order valence-corrected chi connectivity index (χ2v) is 5.82. The molecule has 1 aliphatic rings. The van der Waals surface area contributed by atoms with Crippen LogP contribution in [0, 0.1) is 0 Å². The van der Waals surface area contributed by atoms with Crippen molar-refractivity contribution in [2.75, 3.05) is 13.2 Å². The Balaban J connectivity index is 1.55. The minimum atomic E-state index is -0.0631. The van der Waals surface area contributed by atoms with Gasteiger partial charge >= 0.3 is 0 Å². The normalized spacial score (nSPS) is 13.8. The van der Waals surface area contributed by atoms with Gasteiger partial charge in [-0.25, -0.2) is 0 Å². The quantitative estimate of drug-likeness (QED) is 0.919. The summed E-state index contributed by atoms with van der Waals surface area (Å²) < 4.78 is 8.31. The Labute approximate surface area is 131 Å². The molecule has 0 unspecified atom stereocenters. The Bertz CT molecular complexity index is 637. The number of ether oxygens (including phenoxy) is 1. The van der Waals surface area contributed by atoms with Crippen molar-refractivity contribution < 1.29 is 9.53 Å². The zero-order chi connectivity index (χ0) is 14.7. The van der Waals surface area contributed by atoms with Crippen LogP contribution >= 0.6 is 15.9 Å². The van der Waals surface area contributed by atoms with Gasteiger partial charge < -0.3 is 10.1 Å². The first-order valence-corrected chi connectivity index (χ1v) is 7.68. The van der Waals surface area contributed by atoms with Gasteiger partial charge in [-0.3, -0.25) is 9.48 Å². The molecule has 21 heavy (non-hydrogen) atoms. The minimum absolute atomic E-state index is 0.0631. The lowest BCUT2D eigenvalue weighted by Crippen LogP contribution is -2.28. The van der Waals surface area contributed by atoms with Gasteiger partial charge in [0.25, 0.3) is 5.91 Å². The van der Waals surface area contributed by atoms with Gasteiger partial charge in [-0.05, 0) is 24.3 Å². The van der Waals surface area contributed by atoms with Gasteiger partial charge in [0.05, 0.1) is 26.0 Å². The summed E-state index contributed by atoms with van der Waals surface area (Å²) in [5.41, 5.74) is 3.04. The van der Waals surface area contributed by atoms with Gasteiger partial charge in [0.2, 0.25) is 0 Å². The van der Waals surface area contributed by atoms with Crippen LogP contribution in [0.15, 0.2) is 34.9 Å². The molecule has 0 bridgehead atoms. The first-order valence-electron chi connectivity index (χ1n) is 6.89. The molecule has 6 heteroatoms. The van der Waals surface area contributed by atoms with E-state index in [1.807, 2.05) is 23.0 Å². The highest BCUT2D eigenvalue weighted by molar-refractivity contribution is 9.10. The molecule has 0 atom stereocenters. The van der Waals surface area contributed by atoms with E-state index in [9.17, 15) is 4.79 Å². The third-order valence-electron chi connectivity index (χ3n) is 3.49. The SMILES string of the molecule is O=C(NCCn1ncc2c1CCOC2)c1ccc(Br)cc1. The van der Waals surface area contributed by atoms with E-state index in [0.29, 0.717) is 25.3 Å². The number of carbonyl (C=O) groups is 1. The summed E-state index contributed by atoms with van der Waals surface area (Å²) in [6.45, 7) is 2.62. The Kier molecular flexibility index (Phi) is 4.36. The minimum Gasteiger partial charge on any atom is -0.376 e. The van der Waals surface area contributed by atoms with Crippen molar-refractivity contribution in [2.45, 2.75) is 19.6 Å². The van der Waals surface area contributed by atoms with Crippen LogP contribution in [0.25, 0.3) is 0 Å². The van der Waals surface area contributed by atoms with Crippen LogP contribution in [-0.4, -0.2) is 28.8 Å². The summed E-state index contributed by atoms with van der Waals surface area (Å²) in [6, 6.07) is 7.32. The molecule has 1 amide bonds. The van der Waals surface area contributed by atoms with Crippen molar-refractivity contribution in [1.29, 1.82) is 0 Å². The molecular formula is C15H16BrN3O2. The lowest BCUT2D eigenvalue weighted by atomic mass is 10.2. The van der Waals surface area contributed by atoms with E-state index in [-0.39, 0.29) is 5.91 Å². The number of amides is 1. The van der Waals surface area contributed by atoms with Gasteiger partial charge in [-0.2, -0.15) is 5.10 Å². The van der Waals surface area contributed by atoms with Gasteiger partial charge in [-0.15, -0.1) is 0 Å². The third-order valence-corrected chi connectivity index (χ3v) is 4.02. The monoisotopic (exact) mass is 349 g/mol. The predicted molar refractivity (Wildman–Crippen MR) is 82.1 cm³/mol. The fourth-order valence-electron chi connectivity index (χ4n) is 2.38. The van der Waals surface area contributed by atoms with Gasteiger partial charge in [0, 0.05) is 34.3 Å². The third kappa shape index (κ3) is 3.33. The molecule has 1 aromatic heterocycles. The van der Waals surface area contributed by atoms with E-state index in [4.69, 9.17) is 4.74 Å². The van der Waals surface area contributed by atoms with Crippen LogP contribution in [0.5, 0.6) is 0 Å².